The number of nitrogens with zero attached hydrogens (tertiary/aromatic N) is 3. The fourth-order valence-corrected chi connectivity index (χ4v) is 3.97. The zero-order valence-corrected chi connectivity index (χ0v) is 13.7. The van der Waals surface area contributed by atoms with Crippen LogP contribution in [0.25, 0.3) is 5.13 Å². The standard InChI is InChI=1S/C18H17N3OS/c1-13-16(23-18(19-13)20-9-4-5-10-20)17(22)21-11-8-14-6-2-3-7-15(14)12-21/h2-7,9-10H,8,11-12H2,1H3. The lowest BCUT2D eigenvalue weighted by Gasteiger charge is -2.28. The van der Waals surface area contributed by atoms with Crippen molar-refractivity contribution in [3.05, 3.63) is 70.5 Å². The number of amides is 1. The van der Waals surface area contributed by atoms with E-state index in [0.717, 1.165) is 28.7 Å². The van der Waals surface area contributed by atoms with Gasteiger partial charge in [0.1, 0.15) is 4.88 Å². The maximum absolute atomic E-state index is 12.9. The zero-order valence-electron chi connectivity index (χ0n) is 12.9. The normalized spacial score (nSPS) is 13.9. The summed E-state index contributed by atoms with van der Waals surface area (Å²) >= 11 is 1.46. The lowest BCUT2D eigenvalue weighted by molar-refractivity contribution is 0.0738. The Morgan fingerprint density at radius 1 is 1.13 bits per heavy atom. The van der Waals surface area contributed by atoms with Crippen LogP contribution in [0.3, 0.4) is 0 Å². The summed E-state index contributed by atoms with van der Waals surface area (Å²) in [5.74, 6) is 0.0907. The third-order valence-corrected chi connectivity index (χ3v) is 5.38. The third kappa shape index (κ3) is 2.57. The maximum Gasteiger partial charge on any atom is 0.266 e. The Hall–Kier alpha value is -2.40. The molecule has 1 aliphatic rings. The van der Waals surface area contributed by atoms with Crippen LogP contribution in [-0.4, -0.2) is 26.9 Å². The number of aromatic nitrogens is 2. The van der Waals surface area contributed by atoms with Crippen LogP contribution in [0, 0.1) is 6.92 Å². The molecule has 1 amide bonds. The Kier molecular flexibility index (Phi) is 3.50. The first kappa shape index (κ1) is 14.2. The first-order valence-electron chi connectivity index (χ1n) is 7.69. The van der Waals surface area contributed by atoms with E-state index in [-0.39, 0.29) is 5.91 Å². The summed E-state index contributed by atoms with van der Waals surface area (Å²) in [6.07, 6.45) is 4.82. The van der Waals surface area contributed by atoms with Gasteiger partial charge in [0.05, 0.1) is 5.69 Å². The second kappa shape index (κ2) is 5.66. The van der Waals surface area contributed by atoms with E-state index in [1.165, 1.54) is 22.5 Å². The summed E-state index contributed by atoms with van der Waals surface area (Å²) in [4.78, 5) is 20.1. The van der Waals surface area contributed by atoms with Gasteiger partial charge in [-0.3, -0.25) is 4.79 Å². The summed E-state index contributed by atoms with van der Waals surface area (Å²) < 4.78 is 1.94. The van der Waals surface area contributed by atoms with Crippen LogP contribution < -0.4 is 0 Å². The Labute approximate surface area is 139 Å². The average molecular weight is 323 g/mol. The lowest BCUT2D eigenvalue weighted by Crippen LogP contribution is -2.35. The number of hydrogen-bond donors (Lipinski definition) is 0. The molecule has 0 spiro atoms. The van der Waals surface area contributed by atoms with Gasteiger partial charge in [0.25, 0.3) is 5.91 Å². The Balaban J connectivity index is 1.61. The molecule has 0 saturated carbocycles. The number of fused-ring (bicyclic) bond motifs is 1. The second-order valence-corrected chi connectivity index (χ2v) is 6.72. The summed E-state index contributed by atoms with van der Waals surface area (Å²) in [5.41, 5.74) is 3.41. The number of benzene rings is 1. The van der Waals surface area contributed by atoms with Crippen LogP contribution in [-0.2, 0) is 13.0 Å². The van der Waals surface area contributed by atoms with Crippen molar-refractivity contribution in [2.75, 3.05) is 6.54 Å². The molecular formula is C18H17N3OS. The molecule has 0 aliphatic carbocycles. The molecule has 0 N–H and O–H groups in total. The van der Waals surface area contributed by atoms with Gasteiger partial charge in [-0.05, 0) is 36.6 Å². The van der Waals surface area contributed by atoms with Gasteiger partial charge in [-0.1, -0.05) is 35.6 Å². The predicted molar refractivity (Wildman–Crippen MR) is 91.1 cm³/mol. The van der Waals surface area contributed by atoms with Gasteiger partial charge in [-0.15, -0.1) is 0 Å². The highest BCUT2D eigenvalue weighted by molar-refractivity contribution is 7.16. The molecule has 4 nitrogen and oxygen atoms in total. The molecule has 0 saturated heterocycles. The molecule has 4 rings (SSSR count). The zero-order chi connectivity index (χ0) is 15.8. The fourth-order valence-electron chi connectivity index (χ4n) is 2.97. The molecular weight excluding hydrogens is 306 g/mol. The minimum absolute atomic E-state index is 0.0907. The topological polar surface area (TPSA) is 38.1 Å². The van der Waals surface area contributed by atoms with E-state index in [9.17, 15) is 4.79 Å². The van der Waals surface area contributed by atoms with Gasteiger partial charge in [0.15, 0.2) is 5.13 Å². The first-order chi connectivity index (χ1) is 11.2. The number of thiazole rings is 1. The van der Waals surface area contributed by atoms with E-state index >= 15 is 0 Å². The molecule has 116 valence electrons. The van der Waals surface area contributed by atoms with Crippen molar-refractivity contribution < 1.29 is 4.79 Å². The molecule has 0 bridgehead atoms. The van der Waals surface area contributed by atoms with Crippen LogP contribution >= 0.6 is 11.3 Å². The van der Waals surface area contributed by atoms with Crippen LogP contribution in [0.15, 0.2) is 48.8 Å². The predicted octanol–water partition coefficient (Wildman–Crippen LogP) is 3.44. The van der Waals surface area contributed by atoms with Crippen molar-refractivity contribution in [1.82, 2.24) is 14.5 Å². The summed E-state index contributed by atoms with van der Waals surface area (Å²) in [7, 11) is 0. The minimum Gasteiger partial charge on any atom is -0.333 e. The van der Waals surface area contributed by atoms with E-state index in [0.29, 0.717) is 6.54 Å². The average Bonchev–Trinajstić information content (AvgIpc) is 3.23. The molecule has 2 aromatic heterocycles. The highest BCUT2D eigenvalue weighted by Gasteiger charge is 2.25. The Morgan fingerprint density at radius 2 is 1.87 bits per heavy atom. The smallest absolute Gasteiger partial charge is 0.266 e. The van der Waals surface area contributed by atoms with Crippen molar-refractivity contribution in [3.8, 4) is 5.13 Å². The monoisotopic (exact) mass is 323 g/mol. The van der Waals surface area contributed by atoms with Gasteiger partial charge in [-0.2, -0.15) is 0 Å². The van der Waals surface area contributed by atoms with Crippen molar-refractivity contribution >= 4 is 17.2 Å². The highest BCUT2D eigenvalue weighted by atomic mass is 32.1. The number of rotatable bonds is 2. The van der Waals surface area contributed by atoms with Crippen LogP contribution in [0.5, 0.6) is 0 Å². The van der Waals surface area contributed by atoms with Crippen LogP contribution in [0.2, 0.25) is 0 Å². The molecule has 3 aromatic rings. The van der Waals surface area contributed by atoms with Crippen LogP contribution in [0.1, 0.15) is 26.5 Å². The van der Waals surface area contributed by atoms with Crippen molar-refractivity contribution in [2.45, 2.75) is 19.9 Å². The van der Waals surface area contributed by atoms with Gasteiger partial charge < -0.3 is 9.47 Å². The molecule has 0 radical (unpaired) electrons. The molecule has 5 heteroatoms. The largest absolute Gasteiger partial charge is 0.333 e. The molecule has 0 unspecified atom stereocenters. The molecule has 1 aromatic carbocycles. The number of hydrogen-bond acceptors (Lipinski definition) is 3. The second-order valence-electron chi connectivity index (χ2n) is 5.75. The van der Waals surface area contributed by atoms with E-state index in [2.05, 4.69) is 23.2 Å². The van der Waals surface area contributed by atoms with Gasteiger partial charge >= 0.3 is 0 Å². The number of carbonyl (C=O) groups excluding carboxylic acids is 1. The highest BCUT2D eigenvalue weighted by Crippen LogP contribution is 2.26. The minimum atomic E-state index is 0.0907. The number of aryl methyl sites for hydroxylation is 1. The van der Waals surface area contributed by atoms with E-state index < -0.39 is 0 Å². The Morgan fingerprint density at radius 3 is 2.65 bits per heavy atom. The number of carbonyl (C=O) groups is 1. The molecule has 0 atom stereocenters. The van der Waals surface area contributed by atoms with Gasteiger partial charge in [0, 0.05) is 25.5 Å². The van der Waals surface area contributed by atoms with Crippen LogP contribution in [0.4, 0.5) is 0 Å². The van der Waals surface area contributed by atoms with Crippen molar-refractivity contribution in [1.29, 1.82) is 0 Å². The van der Waals surface area contributed by atoms with Crippen molar-refractivity contribution in [3.63, 3.8) is 0 Å². The lowest BCUT2D eigenvalue weighted by atomic mass is 10.00. The van der Waals surface area contributed by atoms with E-state index in [1.807, 2.05) is 47.0 Å². The molecule has 3 heterocycles. The van der Waals surface area contributed by atoms with E-state index in [1.54, 1.807) is 0 Å². The van der Waals surface area contributed by atoms with Gasteiger partial charge in [0.2, 0.25) is 0 Å². The SMILES string of the molecule is Cc1nc(-n2cccc2)sc1C(=O)N1CCc2ccccc2C1. The summed E-state index contributed by atoms with van der Waals surface area (Å²) in [5, 5.41) is 0.841. The third-order valence-electron chi connectivity index (χ3n) is 4.22. The summed E-state index contributed by atoms with van der Waals surface area (Å²) in [6.45, 7) is 3.37. The molecule has 1 aliphatic heterocycles. The van der Waals surface area contributed by atoms with E-state index in [4.69, 9.17) is 0 Å². The van der Waals surface area contributed by atoms with Gasteiger partial charge in [-0.25, -0.2) is 4.98 Å². The summed E-state index contributed by atoms with van der Waals surface area (Å²) in [6, 6.07) is 12.3. The fraction of sp³-hybridized carbons (Fsp3) is 0.222. The molecule has 0 fully saturated rings. The quantitative estimate of drug-likeness (QED) is 0.724. The Bertz CT molecular complexity index is 851. The molecule has 23 heavy (non-hydrogen) atoms. The maximum atomic E-state index is 12.9. The van der Waals surface area contributed by atoms with Crippen molar-refractivity contribution in [2.24, 2.45) is 0 Å². The first-order valence-corrected chi connectivity index (χ1v) is 8.51.